The van der Waals surface area contributed by atoms with Gasteiger partial charge in [0, 0.05) is 17.3 Å². The maximum atomic E-state index is 2.49. The molecule has 0 bridgehead atoms. The molecular formula is C53H40. The lowest BCUT2D eigenvalue weighted by Crippen LogP contribution is -2.15. The van der Waals surface area contributed by atoms with E-state index in [0.717, 1.165) is 0 Å². The molecule has 8 aromatic rings. The summed E-state index contributed by atoms with van der Waals surface area (Å²) < 4.78 is 0. The third-order valence-electron chi connectivity index (χ3n) is 11.9. The zero-order valence-electron chi connectivity index (χ0n) is 30.1. The van der Waals surface area contributed by atoms with E-state index in [2.05, 4.69) is 208 Å². The lowest BCUT2D eigenvalue weighted by molar-refractivity contribution is 0.659. The van der Waals surface area contributed by atoms with Crippen molar-refractivity contribution in [3.8, 4) is 44.5 Å². The Bertz CT molecular complexity index is 2610. The summed E-state index contributed by atoms with van der Waals surface area (Å²) in [6, 6.07) is 72.3. The van der Waals surface area contributed by atoms with Crippen molar-refractivity contribution in [1.82, 2.24) is 0 Å². The lowest BCUT2D eigenvalue weighted by atomic mass is 9.79. The topological polar surface area (TPSA) is 0 Å². The molecule has 0 spiro atoms. The summed E-state index contributed by atoms with van der Waals surface area (Å²) in [5, 5.41) is 0. The van der Waals surface area contributed by atoms with Crippen LogP contribution < -0.4 is 0 Å². The van der Waals surface area contributed by atoms with Crippen LogP contribution in [0.4, 0.5) is 0 Å². The van der Waals surface area contributed by atoms with E-state index in [1.807, 2.05) is 0 Å². The predicted octanol–water partition coefficient (Wildman–Crippen LogP) is 13.7. The fraction of sp³-hybridized carbons (Fsp3) is 0.0943. The van der Waals surface area contributed by atoms with Gasteiger partial charge in [-0.25, -0.2) is 0 Å². The highest BCUT2D eigenvalue weighted by molar-refractivity contribution is 5.85. The Labute approximate surface area is 313 Å². The van der Waals surface area contributed by atoms with Crippen molar-refractivity contribution < 1.29 is 0 Å². The summed E-state index contributed by atoms with van der Waals surface area (Å²) in [5.74, 6) is 0.357. The molecule has 0 heteroatoms. The fourth-order valence-electron chi connectivity index (χ4n) is 9.23. The number of rotatable bonds is 6. The summed E-state index contributed by atoms with van der Waals surface area (Å²) in [6.07, 6.45) is 0. The fourth-order valence-corrected chi connectivity index (χ4v) is 9.23. The Morgan fingerprint density at radius 1 is 0.358 bits per heavy atom. The standard InChI is InChI=1S/C53H40/c1-53(2)49-20-12-11-18-44(49)45-31-30-42(34-50(45)53)51(39-25-21-36(22-26-39)35-13-5-3-6-14-35)40-27-23-37(24-28-40)41-29-32-47-48(33-41)43-17-9-10-19-46(43)52(47)38-15-7-4-8-16-38/h3-34,51-52H,1-2H3. The lowest BCUT2D eigenvalue weighted by Gasteiger charge is -2.25. The minimum atomic E-state index is -0.0563. The Morgan fingerprint density at radius 3 is 1.58 bits per heavy atom. The first-order valence-electron chi connectivity index (χ1n) is 18.8. The van der Waals surface area contributed by atoms with Gasteiger partial charge in [0.2, 0.25) is 0 Å². The monoisotopic (exact) mass is 676 g/mol. The molecule has 0 saturated carbocycles. The third-order valence-corrected chi connectivity index (χ3v) is 11.9. The van der Waals surface area contributed by atoms with Crippen LogP contribution in [0.15, 0.2) is 194 Å². The van der Waals surface area contributed by atoms with E-state index in [1.165, 1.54) is 89.0 Å². The maximum Gasteiger partial charge on any atom is 0.0352 e. The third kappa shape index (κ3) is 5.20. The van der Waals surface area contributed by atoms with E-state index in [9.17, 15) is 0 Å². The minimum Gasteiger partial charge on any atom is -0.0622 e. The van der Waals surface area contributed by atoms with E-state index < -0.39 is 0 Å². The van der Waals surface area contributed by atoms with Crippen LogP contribution >= 0.6 is 0 Å². The highest BCUT2D eigenvalue weighted by Gasteiger charge is 2.36. The first kappa shape index (κ1) is 31.5. The highest BCUT2D eigenvalue weighted by atomic mass is 14.4. The zero-order valence-corrected chi connectivity index (χ0v) is 30.1. The average molecular weight is 677 g/mol. The summed E-state index contributed by atoms with van der Waals surface area (Å²) in [5.41, 5.74) is 21.2. The van der Waals surface area contributed by atoms with Crippen LogP contribution in [0.5, 0.6) is 0 Å². The van der Waals surface area contributed by atoms with Gasteiger partial charge in [-0.15, -0.1) is 0 Å². The van der Waals surface area contributed by atoms with Crippen LogP contribution in [0.25, 0.3) is 44.5 Å². The number of hydrogen-bond acceptors (Lipinski definition) is 0. The van der Waals surface area contributed by atoms with Crippen molar-refractivity contribution in [2.45, 2.75) is 31.1 Å². The summed E-state index contributed by atoms with van der Waals surface area (Å²) >= 11 is 0. The molecule has 2 unspecified atom stereocenters. The molecule has 2 atom stereocenters. The maximum absolute atomic E-state index is 2.49. The van der Waals surface area contributed by atoms with Crippen LogP contribution in [0.1, 0.15) is 70.2 Å². The van der Waals surface area contributed by atoms with Crippen LogP contribution in [-0.4, -0.2) is 0 Å². The molecule has 2 aliphatic rings. The van der Waals surface area contributed by atoms with Crippen molar-refractivity contribution >= 4 is 0 Å². The molecule has 0 heterocycles. The Hall–Kier alpha value is -6.24. The van der Waals surface area contributed by atoms with E-state index in [-0.39, 0.29) is 17.3 Å². The Morgan fingerprint density at radius 2 is 0.868 bits per heavy atom. The molecule has 0 radical (unpaired) electrons. The molecule has 0 aliphatic heterocycles. The average Bonchev–Trinajstić information content (AvgIpc) is 3.67. The van der Waals surface area contributed by atoms with Gasteiger partial charge in [0.25, 0.3) is 0 Å². The van der Waals surface area contributed by atoms with Gasteiger partial charge in [-0.3, -0.25) is 0 Å². The van der Waals surface area contributed by atoms with Gasteiger partial charge in [0.1, 0.15) is 0 Å². The van der Waals surface area contributed by atoms with Crippen LogP contribution in [0.3, 0.4) is 0 Å². The number of benzene rings is 8. The van der Waals surface area contributed by atoms with E-state index in [1.54, 1.807) is 0 Å². The van der Waals surface area contributed by atoms with Crippen molar-refractivity contribution in [2.24, 2.45) is 0 Å². The molecule has 0 N–H and O–H groups in total. The van der Waals surface area contributed by atoms with Crippen LogP contribution in [0, 0.1) is 0 Å². The summed E-state index contributed by atoms with van der Waals surface area (Å²) in [7, 11) is 0. The smallest absolute Gasteiger partial charge is 0.0352 e. The SMILES string of the molecule is CC1(C)c2ccccc2-c2ccc(C(c3ccc(-c4ccccc4)cc3)c3ccc(-c4ccc5c(c4)-c4ccccc4C5c4ccccc4)cc3)cc21. The van der Waals surface area contributed by atoms with Crippen LogP contribution in [-0.2, 0) is 5.41 Å². The highest BCUT2D eigenvalue weighted by Crippen LogP contribution is 2.51. The van der Waals surface area contributed by atoms with Gasteiger partial charge in [-0.1, -0.05) is 202 Å². The molecule has 0 saturated heterocycles. The van der Waals surface area contributed by atoms with Gasteiger partial charge in [-0.05, 0) is 95.1 Å². The Kier molecular flexibility index (Phi) is 7.41. The van der Waals surface area contributed by atoms with E-state index in [4.69, 9.17) is 0 Å². The quantitative estimate of drug-likeness (QED) is 0.154. The van der Waals surface area contributed by atoms with Gasteiger partial charge in [-0.2, -0.15) is 0 Å². The van der Waals surface area contributed by atoms with Gasteiger partial charge >= 0.3 is 0 Å². The van der Waals surface area contributed by atoms with E-state index >= 15 is 0 Å². The van der Waals surface area contributed by atoms with Crippen molar-refractivity contribution in [2.75, 3.05) is 0 Å². The van der Waals surface area contributed by atoms with Crippen molar-refractivity contribution in [3.63, 3.8) is 0 Å². The normalized spacial score (nSPS) is 15.2. The summed E-state index contributed by atoms with van der Waals surface area (Å²) in [6.45, 7) is 4.74. The van der Waals surface area contributed by atoms with Crippen LogP contribution in [0.2, 0.25) is 0 Å². The predicted molar refractivity (Wildman–Crippen MR) is 222 cm³/mol. The number of hydrogen-bond donors (Lipinski definition) is 0. The molecule has 0 amide bonds. The molecule has 0 fully saturated rings. The van der Waals surface area contributed by atoms with Crippen molar-refractivity contribution in [3.05, 3.63) is 239 Å². The largest absolute Gasteiger partial charge is 0.0622 e. The second-order valence-corrected chi connectivity index (χ2v) is 15.3. The molecule has 53 heavy (non-hydrogen) atoms. The molecule has 0 nitrogen and oxygen atoms in total. The minimum absolute atomic E-state index is 0.0563. The molecule has 252 valence electrons. The summed E-state index contributed by atoms with van der Waals surface area (Å²) in [4.78, 5) is 0. The van der Waals surface area contributed by atoms with Crippen molar-refractivity contribution in [1.29, 1.82) is 0 Å². The zero-order chi connectivity index (χ0) is 35.5. The number of fused-ring (bicyclic) bond motifs is 6. The Balaban J connectivity index is 1.05. The molecule has 2 aliphatic carbocycles. The molecule has 0 aromatic heterocycles. The second kappa shape index (κ2) is 12.5. The van der Waals surface area contributed by atoms with Gasteiger partial charge in [0.15, 0.2) is 0 Å². The van der Waals surface area contributed by atoms with Gasteiger partial charge < -0.3 is 0 Å². The first-order valence-corrected chi connectivity index (χ1v) is 18.8. The second-order valence-electron chi connectivity index (χ2n) is 15.3. The molecular weight excluding hydrogens is 637 g/mol. The molecule has 8 aromatic carbocycles. The first-order chi connectivity index (χ1) is 26.0. The van der Waals surface area contributed by atoms with E-state index in [0.29, 0.717) is 0 Å². The van der Waals surface area contributed by atoms with Gasteiger partial charge in [0.05, 0.1) is 0 Å². The molecule has 10 rings (SSSR count).